The number of ketones is 1. The van der Waals surface area contributed by atoms with E-state index in [-0.39, 0.29) is 5.56 Å². The van der Waals surface area contributed by atoms with E-state index in [1.807, 2.05) is 13.8 Å². The van der Waals surface area contributed by atoms with Crippen LogP contribution in [0, 0.1) is 13.8 Å². The van der Waals surface area contributed by atoms with Crippen molar-refractivity contribution in [3.8, 4) is 0 Å². The van der Waals surface area contributed by atoms with Gasteiger partial charge in [0.25, 0.3) is 0 Å². The van der Waals surface area contributed by atoms with Crippen molar-refractivity contribution in [1.29, 1.82) is 0 Å². The molecule has 0 aliphatic rings. The van der Waals surface area contributed by atoms with Gasteiger partial charge in [0.2, 0.25) is 0 Å². The highest BCUT2D eigenvalue weighted by atomic mass is 79.9. The number of carbonyl (C=O) groups excluding carboxylic acids is 1. The van der Waals surface area contributed by atoms with Crippen LogP contribution in [0.2, 0.25) is 0 Å². The summed E-state index contributed by atoms with van der Waals surface area (Å²) in [5.74, 6) is -0.417. The summed E-state index contributed by atoms with van der Waals surface area (Å²) in [6.07, 6.45) is -4.46. The molecule has 0 unspecified atom stereocenters. The molecule has 0 spiro atoms. The molecule has 21 heavy (non-hydrogen) atoms. The summed E-state index contributed by atoms with van der Waals surface area (Å²) in [4.78, 5) is 12.4. The Morgan fingerprint density at radius 3 is 2.10 bits per heavy atom. The van der Waals surface area contributed by atoms with Gasteiger partial charge in [0.15, 0.2) is 5.78 Å². The summed E-state index contributed by atoms with van der Waals surface area (Å²) in [6.45, 7) is 3.67. The number of alkyl halides is 3. The van der Waals surface area contributed by atoms with Gasteiger partial charge in [-0.1, -0.05) is 28.1 Å². The van der Waals surface area contributed by atoms with Crippen LogP contribution in [0.25, 0.3) is 0 Å². The highest BCUT2D eigenvalue weighted by molar-refractivity contribution is 9.10. The molecule has 5 heteroatoms. The molecule has 0 N–H and O–H groups in total. The Bertz CT molecular complexity index is 682. The highest BCUT2D eigenvalue weighted by Gasteiger charge is 2.31. The summed E-state index contributed by atoms with van der Waals surface area (Å²) in [6, 6.07) is 7.81. The Labute approximate surface area is 128 Å². The average Bonchev–Trinajstić information content (AvgIpc) is 2.42. The molecule has 0 heterocycles. The summed E-state index contributed by atoms with van der Waals surface area (Å²) in [7, 11) is 0. The molecule has 0 amide bonds. The predicted octanol–water partition coefficient (Wildman–Crippen LogP) is 5.32. The van der Waals surface area contributed by atoms with E-state index in [1.165, 1.54) is 12.1 Å². The van der Waals surface area contributed by atoms with E-state index in [0.29, 0.717) is 5.56 Å². The van der Waals surface area contributed by atoms with E-state index >= 15 is 0 Å². The minimum atomic E-state index is -4.46. The van der Waals surface area contributed by atoms with Crippen LogP contribution in [-0.2, 0) is 6.18 Å². The second kappa shape index (κ2) is 5.64. The van der Waals surface area contributed by atoms with Gasteiger partial charge < -0.3 is 0 Å². The minimum Gasteiger partial charge on any atom is -0.289 e. The second-order valence-electron chi connectivity index (χ2n) is 4.83. The van der Waals surface area contributed by atoms with E-state index in [0.717, 1.165) is 27.7 Å². The van der Waals surface area contributed by atoms with E-state index in [2.05, 4.69) is 15.9 Å². The number of rotatable bonds is 2. The second-order valence-corrected chi connectivity index (χ2v) is 5.62. The van der Waals surface area contributed by atoms with Gasteiger partial charge in [-0.2, -0.15) is 13.2 Å². The number of halogens is 4. The van der Waals surface area contributed by atoms with Crippen molar-refractivity contribution in [3.63, 3.8) is 0 Å². The van der Waals surface area contributed by atoms with E-state index in [9.17, 15) is 18.0 Å². The fraction of sp³-hybridized carbons (Fsp3) is 0.188. The SMILES string of the molecule is Cc1cc(C(=O)c2cccc(C(F)(F)F)c2)cc(C)c1Br. The monoisotopic (exact) mass is 356 g/mol. The Balaban J connectivity index is 2.46. The quantitative estimate of drug-likeness (QED) is 0.666. The lowest BCUT2D eigenvalue weighted by Crippen LogP contribution is -2.08. The predicted molar refractivity (Wildman–Crippen MR) is 78.5 cm³/mol. The van der Waals surface area contributed by atoms with Crippen LogP contribution in [0.15, 0.2) is 40.9 Å². The Morgan fingerprint density at radius 2 is 1.57 bits per heavy atom. The maximum atomic E-state index is 12.7. The number of hydrogen-bond acceptors (Lipinski definition) is 1. The molecule has 110 valence electrons. The molecule has 0 aromatic heterocycles. The van der Waals surface area contributed by atoms with Gasteiger partial charge in [0.05, 0.1) is 5.56 Å². The average molecular weight is 357 g/mol. The first kappa shape index (κ1) is 15.8. The molecular formula is C16H12BrF3O. The van der Waals surface area contributed by atoms with Gasteiger partial charge in [0, 0.05) is 15.6 Å². The van der Waals surface area contributed by atoms with Gasteiger partial charge >= 0.3 is 6.18 Å². The molecule has 0 aliphatic carbocycles. The lowest BCUT2D eigenvalue weighted by molar-refractivity contribution is -0.137. The van der Waals surface area contributed by atoms with Crippen molar-refractivity contribution in [2.24, 2.45) is 0 Å². The van der Waals surface area contributed by atoms with Crippen molar-refractivity contribution < 1.29 is 18.0 Å². The summed E-state index contributed by atoms with van der Waals surface area (Å²) in [5, 5.41) is 0. The Morgan fingerprint density at radius 1 is 1.00 bits per heavy atom. The smallest absolute Gasteiger partial charge is 0.289 e. The molecule has 2 rings (SSSR count). The van der Waals surface area contributed by atoms with Gasteiger partial charge in [-0.25, -0.2) is 0 Å². The van der Waals surface area contributed by atoms with Crippen LogP contribution < -0.4 is 0 Å². The number of benzene rings is 2. The lowest BCUT2D eigenvalue weighted by atomic mass is 9.98. The van der Waals surface area contributed by atoms with Crippen LogP contribution in [0.3, 0.4) is 0 Å². The molecular weight excluding hydrogens is 345 g/mol. The molecule has 0 aliphatic heterocycles. The zero-order valence-corrected chi connectivity index (χ0v) is 13.0. The third kappa shape index (κ3) is 3.35. The molecule has 0 saturated heterocycles. The summed E-state index contributed by atoms with van der Waals surface area (Å²) < 4.78 is 39.0. The van der Waals surface area contributed by atoms with Crippen molar-refractivity contribution in [3.05, 3.63) is 68.7 Å². The van der Waals surface area contributed by atoms with Gasteiger partial charge in [0.1, 0.15) is 0 Å². The molecule has 0 bridgehead atoms. The van der Waals surface area contributed by atoms with Crippen molar-refractivity contribution in [1.82, 2.24) is 0 Å². The zero-order valence-electron chi connectivity index (χ0n) is 11.4. The van der Waals surface area contributed by atoms with Crippen molar-refractivity contribution in [2.75, 3.05) is 0 Å². The van der Waals surface area contributed by atoms with Crippen LogP contribution in [0.1, 0.15) is 32.6 Å². The molecule has 1 nitrogen and oxygen atoms in total. The van der Waals surface area contributed by atoms with Gasteiger partial charge in [-0.15, -0.1) is 0 Å². The number of hydrogen-bond donors (Lipinski definition) is 0. The fourth-order valence-electron chi connectivity index (χ4n) is 2.08. The van der Waals surface area contributed by atoms with Crippen molar-refractivity contribution >= 4 is 21.7 Å². The standard InChI is InChI=1S/C16H12BrF3O/c1-9-6-12(7-10(2)14(9)17)15(21)11-4-3-5-13(8-11)16(18,19)20/h3-8H,1-2H3. The van der Waals surface area contributed by atoms with E-state index in [1.54, 1.807) is 12.1 Å². The minimum absolute atomic E-state index is 0.0333. The first-order chi connectivity index (χ1) is 9.70. The summed E-state index contributed by atoms with van der Waals surface area (Å²) >= 11 is 3.40. The molecule has 0 atom stereocenters. The normalized spacial score (nSPS) is 11.5. The fourth-order valence-corrected chi connectivity index (χ4v) is 2.31. The molecule has 0 fully saturated rings. The highest BCUT2D eigenvalue weighted by Crippen LogP contribution is 2.30. The molecule has 0 saturated carbocycles. The van der Waals surface area contributed by atoms with Crippen LogP contribution in [-0.4, -0.2) is 5.78 Å². The largest absolute Gasteiger partial charge is 0.416 e. The molecule has 2 aromatic carbocycles. The number of aryl methyl sites for hydroxylation is 2. The van der Waals surface area contributed by atoms with E-state index in [4.69, 9.17) is 0 Å². The first-order valence-electron chi connectivity index (χ1n) is 6.19. The third-order valence-electron chi connectivity index (χ3n) is 3.15. The topological polar surface area (TPSA) is 17.1 Å². The number of carbonyl (C=O) groups is 1. The Kier molecular flexibility index (Phi) is 4.23. The van der Waals surface area contributed by atoms with Crippen LogP contribution >= 0.6 is 15.9 Å². The lowest BCUT2D eigenvalue weighted by Gasteiger charge is -2.10. The summed E-state index contributed by atoms with van der Waals surface area (Å²) in [5.41, 5.74) is 1.33. The molecule has 2 aromatic rings. The first-order valence-corrected chi connectivity index (χ1v) is 6.98. The van der Waals surface area contributed by atoms with Crippen LogP contribution in [0.5, 0.6) is 0 Å². The van der Waals surface area contributed by atoms with Gasteiger partial charge in [-0.3, -0.25) is 4.79 Å². The van der Waals surface area contributed by atoms with E-state index < -0.39 is 17.5 Å². The maximum absolute atomic E-state index is 12.7. The van der Waals surface area contributed by atoms with Crippen LogP contribution in [0.4, 0.5) is 13.2 Å². The van der Waals surface area contributed by atoms with Gasteiger partial charge in [-0.05, 0) is 49.2 Å². The third-order valence-corrected chi connectivity index (χ3v) is 4.40. The maximum Gasteiger partial charge on any atom is 0.416 e. The van der Waals surface area contributed by atoms with Crippen molar-refractivity contribution in [2.45, 2.75) is 20.0 Å². The molecule has 0 radical (unpaired) electrons. The zero-order chi connectivity index (χ0) is 15.8. The Hall–Kier alpha value is -1.62.